The van der Waals surface area contributed by atoms with Crippen LogP contribution < -0.4 is 10.2 Å². The molecule has 0 saturated carbocycles. The minimum atomic E-state index is -0.486. The zero-order chi connectivity index (χ0) is 28.5. The lowest BCUT2D eigenvalue weighted by Gasteiger charge is -2.21. The van der Waals surface area contributed by atoms with Gasteiger partial charge in [0.2, 0.25) is 5.88 Å². The summed E-state index contributed by atoms with van der Waals surface area (Å²) in [5.41, 5.74) is 1.64. The van der Waals surface area contributed by atoms with E-state index in [0.717, 1.165) is 11.4 Å². The van der Waals surface area contributed by atoms with Gasteiger partial charge in [-0.1, -0.05) is 27.7 Å². The van der Waals surface area contributed by atoms with Crippen molar-refractivity contribution in [2.75, 3.05) is 54.1 Å². The molecule has 0 unspecified atom stereocenters. The van der Waals surface area contributed by atoms with E-state index in [4.69, 9.17) is 9.94 Å². The minimum Gasteiger partial charge on any atom is -0.465 e. The van der Waals surface area contributed by atoms with Crippen LogP contribution in [0.4, 0.5) is 4.39 Å². The highest BCUT2D eigenvalue weighted by Gasteiger charge is 2.13. The summed E-state index contributed by atoms with van der Waals surface area (Å²) < 4.78 is 29.1. The molecule has 12 heteroatoms. The lowest BCUT2D eigenvalue weighted by atomic mass is 10.3. The van der Waals surface area contributed by atoms with E-state index < -0.39 is 5.91 Å². The van der Waals surface area contributed by atoms with E-state index >= 15 is 0 Å². The predicted octanol–water partition coefficient (Wildman–Crippen LogP) is 4.25. The van der Waals surface area contributed by atoms with Crippen molar-refractivity contribution in [1.82, 2.24) is 19.7 Å². The molecule has 2 N–H and O–H groups in total. The molecule has 0 fully saturated rings. The molecule has 0 bridgehead atoms. The molecule has 1 aromatic heterocycles. The van der Waals surface area contributed by atoms with E-state index in [1.165, 1.54) is 36.2 Å². The van der Waals surface area contributed by atoms with Crippen molar-refractivity contribution in [3.8, 4) is 11.6 Å². The molecule has 0 saturated heterocycles. The summed E-state index contributed by atoms with van der Waals surface area (Å²) in [5, 5.41) is 8.72. The molecule has 0 aliphatic heterocycles. The Morgan fingerprint density at radius 3 is 2.22 bits per heavy atom. The van der Waals surface area contributed by atoms with E-state index in [-0.39, 0.29) is 12.4 Å². The highest BCUT2D eigenvalue weighted by Crippen LogP contribution is 2.25. The first-order valence-electron chi connectivity index (χ1n) is 11.8. The zero-order valence-electron chi connectivity index (χ0n) is 22.8. The Hall–Kier alpha value is -2.77. The fourth-order valence-corrected chi connectivity index (χ4v) is 2.98. The van der Waals surface area contributed by atoms with Gasteiger partial charge in [0.25, 0.3) is 12.4 Å². The zero-order valence-corrected chi connectivity index (χ0v) is 23.6. The van der Waals surface area contributed by atoms with Crippen LogP contribution in [0.25, 0.3) is 0 Å². The molecule has 0 atom stereocenters. The van der Waals surface area contributed by atoms with Crippen LogP contribution in [0.5, 0.6) is 11.6 Å². The number of carbonyl (C=O) groups is 2. The monoisotopic (exact) mass is 544 g/mol. The summed E-state index contributed by atoms with van der Waals surface area (Å²) >= 11 is 1.36. The number of ether oxygens (including phenoxy) is 3. The fourth-order valence-electron chi connectivity index (χ4n) is 2.10. The Morgan fingerprint density at radius 1 is 1.08 bits per heavy atom. The number of carbonyl (C=O) groups excluding carboxylic acids is 2. The van der Waals surface area contributed by atoms with Crippen LogP contribution in [0, 0.1) is 5.82 Å². The third-order valence-corrected chi connectivity index (χ3v) is 4.72. The van der Waals surface area contributed by atoms with Gasteiger partial charge in [-0.15, -0.1) is 0 Å². The van der Waals surface area contributed by atoms with Crippen molar-refractivity contribution in [3.05, 3.63) is 48.4 Å². The highest BCUT2D eigenvalue weighted by molar-refractivity contribution is 7.97. The van der Waals surface area contributed by atoms with Crippen LogP contribution in [0.3, 0.4) is 0 Å². The van der Waals surface area contributed by atoms with Crippen LogP contribution in [0.2, 0.25) is 0 Å². The van der Waals surface area contributed by atoms with Crippen LogP contribution in [0.1, 0.15) is 27.7 Å². The first-order chi connectivity index (χ1) is 17.9. The van der Waals surface area contributed by atoms with Crippen LogP contribution in [-0.4, -0.2) is 85.8 Å². The molecule has 1 aromatic carbocycles. The summed E-state index contributed by atoms with van der Waals surface area (Å²) in [5.74, 6) is 0.0581. The van der Waals surface area contributed by atoms with Gasteiger partial charge in [0.15, 0.2) is 0 Å². The van der Waals surface area contributed by atoms with Crippen molar-refractivity contribution >= 4 is 24.3 Å². The minimum absolute atomic E-state index is 0.0445. The number of methoxy groups -OCH3 is 1. The number of aromatic nitrogens is 1. The number of benzene rings is 1. The molecule has 0 aliphatic rings. The van der Waals surface area contributed by atoms with Crippen molar-refractivity contribution in [2.45, 2.75) is 32.6 Å². The quantitative estimate of drug-likeness (QED) is 0.125. The average Bonchev–Trinajstić information content (AvgIpc) is 2.92. The molecule has 210 valence electrons. The predicted molar refractivity (Wildman–Crippen MR) is 143 cm³/mol. The number of rotatable bonds is 13. The van der Waals surface area contributed by atoms with Gasteiger partial charge in [0.05, 0.1) is 13.2 Å². The summed E-state index contributed by atoms with van der Waals surface area (Å²) in [6.45, 7) is 10.6. The molecule has 0 radical (unpaired) electrons. The SMILES string of the molecule is CC.CC.CN(C)CCN(CC(=O)NO)Sc1ccc(Oc2ccc(F)cc2)nc1.COCCOC=O. The van der Waals surface area contributed by atoms with Gasteiger partial charge < -0.3 is 19.1 Å². The molecule has 1 amide bonds. The lowest BCUT2D eigenvalue weighted by Crippen LogP contribution is -2.35. The summed E-state index contributed by atoms with van der Waals surface area (Å²) in [6, 6.07) is 9.19. The first-order valence-corrected chi connectivity index (χ1v) is 12.6. The first kappa shape index (κ1) is 36.4. The standard InChI is InChI=1S/C17H21FN4O3S.C4H8O3.2C2H6/c1-21(2)9-10-22(12-16(23)20-24)26-15-7-8-17(19-11-15)25-14-5-3-13(18)4-6-14;1-6-2-3-7-4-5;2*1-2/h3-8,11,24H,9-10,12H2,1-2H3,(H,20,23);4H,2-3H2,1H3;2*1-2H3. The van der Waals surface area contributed by atoms with E-state index in [2.05, 4.69) is 14.5 Å². The Balaban J connectivity index is 0. The van der Waals surface area contributed by atoms with Crippen LogP contribution >= 0.6 is 11.9 Å². The maximum absolute atomic E-state index is 12.9. The van der Waals surface area contributed by atoms with Crippen molar-refractivity contribution < 1.29 is 33.4 Å². The van der Waals surface area contributed by atoms with Crippen LogP contribution in [-0.2, 0) is 19.1 Å². The molecule has 1 heterocycles. The number of hydroxylamine groups is 1. The van der Waals surface area contributed by atoms with Gasteiger partial charge in [-0.3, -0.25) is 14.8 Å². The summed E-state index contributed by atoms with van der Waals surface area (Å²) in [6.07, 6.45) is 1.63. The topological polar surface area (TPSA) is 113 Å². The second-order valence-corrected chi connectivity index (χ2v) is 7.81. The maximum atomic E-state index is 12.9. The smallest absolute Gasteiger partial charge is 0.293 e. The van der Waals surface area contributed by atoms with E-state index in [1.54, 1.807) is 24.9 Å². The van der Waals surface area contributed by atoms with Crippen molar-refractivity contribution in [3.63, 3.8) is 0 Å². The molecule has 2 aromatic rings. The van der Waals surface area contributed by atoms with Gasteiger partial charge >= 0.3 is 0 Å². The number of likely N-dealkylation sites (N-methyl/N-ethyl adjacent to an activating group) is 1. The van der Waals surface area contributed by atoms with Crippen molar-refractivity contribution in [1.29, 1.82) is 0 Å². The average molecular weight is 545 g/mol. The van der Waals surface area contributed by atoms with Gasteiger partial charge in [-0.2, -0.15) is 0 Å². The Kier molecular flexibility index (Phi) is 24.5. The van der Waals surface area contributed by atoms with Crippen molar-refractivity contribution in [2.24, 2.45) is 0 Å². The third kappa shape index (κ3) is 20.0. The summed E-state index contributed by atoms with van der Waals surface area (Å²) in [7, 11) is 5.43. The molecular formula is C25H41FN4O6S. The van der Waals surface area contributed by atoms with Crippen LogP contribution in [0.15, 0.2) is 47.5 Å². The van der Waals surface area contributed by atoms with E-state index in [0.29, 0.717) is 37.9 Å². The number of hydrogen-bond donors (Lipinski definition) is 2. The molecule has 37 heavy (non-hydrogen) atoms. The second-order valence-electron chi connectivity index (χ2n) is 6.64. The Bertz CT molecular complexity index is 814. The maximum Gasteiger partial charge on any atom is 0.293 e. The molecule has 10 nitrogen and oxygen atoms in total. The van der Waals surface area contributed by atoms with Gasteiger partial charge in [-0.25, -0.2) is 19.2 Å². The molecule has 0 aliphatic carbocycles. The lowest BCUT2D eigenvalue weighted by molar-refractivity contribution is -0.130. The van der Waals surface area contributed by atoms with E-state index in [1.807, 2.05) is 57.1 Å². The number of nitrogens with one attached hydrogen (secondary N) is 1. The third-order valence-electron chi connectivity index (χ3n) is 3.69. The molecular weight excluding hydrogens is 503 g/mol. The van der Waals surface area contributed by atoms with Gasteiger partial charge in [-0.05, 0) is 56.4 Å². The molecule has 2 rings (SSSR count). The number of halogens is 1. The van der Waals surface area contributed by atoms with Gasteiger partial charge in [0.1, 0.15) is 18.2 Å². The Morgan fingerprint density at radius 2 is 1.73 bits per heavy atom. The Labute approximate surface area is 224 Å². The number of nitrogens with zero attached hydrogens (tertiary/aromatic N) is 3. The normalized spacial score (nSPS) is 9.59. The fraction of sp³-hybridized carbons (Fsp3) is 0.480. The number of pyridine rings is 1. The largest absolute Gasteiger partial charge is 0.465 e. The highest BCUT2D eigenvalue weighted by atomic mass is 32.2. The summed E-state index contributed by atoms with van der Waals surface area (Å²) in [4.78, 5) is 27.9. The number of hydrogen-bond acceptors (Lipinski definition) is 10. The second kappa shape index (κ2) is 24.9. The van der Waals surface area contributed by atoms with E-state index in [9.17, 15) is 14.0 Å². The van der Waals surface area contributed by atoms with Gasteiger partial charge in [0, 0.05) is 37.4 Å². The molecule has 0 spiro atoms. The number of amides is 1.